The molecule has 0 bridgehead atoms. The summed E-state index contributed by atoms with van der Waals surface area (Å²) in [5, 5.41) is 8.49. The SMILES string of the molecule is CCc1nn(CC(=O)Nc2ccncn2)c(=O)c2ccc(C(C)C)cc12. The van der Waals surface area contributed by atoms with E-state index in [4.69, 9.17) is 0 Å². The van der Waals surface area contributed by atoms with Gasteiger partial charge in [0.15, 0.2) is 0 Å². The molecule has 0 aliphatic carbocycles. The number of hydrogen-bond acceptors (Lipinski definition) is 5. The van der Waals surface area contributed by atoms with Gasteiger partial charge in [0, 0.05) is 11.6 Å². The summed E-state index contributed by atoms with van der Waals surface area (Å²) >= 11 is 0. The van der Waals surface area contributed by atoms with Gasteiger partial charge in [-0.25, -0.2) is 14.6 Å². The van der Waals surface area contributed by atoms with E-state index in [0.717, 1.165) is 16.6 Å². The van der Waals surface area contributed by atoms with Gasteiger partial charge in [-0.15, -0.1) is 0 Å². The Morgan fingerprint density at radius 3 is 2.69 bits per heavy atom. The third-order valence-corrected chi connectivity index (χ3v) is 4.21. The van der Waals surface area contributed by atoms with Gasteiger partial charge in [-0.2, -0.15) is 5.10 Å². The summed E-state index contributed by atoms with van der Waals surface area (Å²) in [5.74, 6) is 0.389. The van der Waals surface area contributed by atoms with Gasteiger partial charge in [-0.1, -0.05) is 26.8 Å². The van der Waals surface area contributed by atoms with Crippen LogP contribution in [0.2, 0.25) is 0 Å². The van der Waals surface area contributed by atoms with E-state index in [9.17, 15) is 9.59 Å². The van der Waals surface area contributed by atoms with Crippen LogP contribution in [0.15, 0.2) is 41.6 Å². The zero-order valence-electron chi connectivity index (χ0n) is 15.1. The van der Waals surface area contributed by atoms with Gasteiger partial charge < -0.3 is 5.32 Å². The number of carbonyl (C=O) groups excluding carboxylic acids is 1. The summed E-state index contributed by atoms with van der Waals surface area (Å²) in [6, 6.07) is 7.39. The number of hydrogen-bond donors (Lipinski definition) is 1. The molecule has 3 rings (SSSR count). The summed E-state index contributed by atoms with van der Waals surface area (Å²) < 4.78 is 1.22. The minimum atomic E-state index is -0.362. The van der Waals surface area contributed by atoms with E-state index in [1.165, 1.54) is 17.2 Å². The molecule has 134 valence electrons. The van der Waals surface area contributed by atoms with Gasteiger partial charge in [0.05, 0.1) is 11.1 Å². The van der Waals surface area contributed by atoms with Crippen molar-refractivity contribution in [1.29, 1.82) is 0 Å². The van der Waals surface area contributed by atoms with E-state index >= 15 is 0 Å². The quantitative estimate of drug-likeness (QED) is 0.763. The summed E-state index contributed by atoms with van der Waals surface area (Å²) in [4.78, 5) is 32.7. The number of nitrogens with one attached hydrogen (secondary N) is 1. The van der Waals surface area contributed by atoms with Crippen LogP contribution in [0.4, 0.5) is 5.82 Å². The van der Waals surface area contributed by atoms with Crippen LogP contribution in [0.3, 0.4) is 0 Å². The van der Waals surface area contributed by atoms with Gasteiger partial charge >= 0.3 is 0 Å². The van der Waals surface area contributed by atoms with Crippen molar-refractivity contribution in [1.82, 2.24) is 19.7 Å². The average Bonchev–Trinajstić information content (AvgIpc) is 2.64. The molecule has 0 saturated carbocycles. The predicted octanol–water partition coefficient (Wildman–Crippen LogP) is 2.51. The molecule has 0 radical (unpaired) electrons. The standard InChI is InChI=1S/C19H21N5O2/c1-4-16-15-9-13(12(2)3)5-6-14(15)19(26)24(23-16)10-18(25)22-17-7-8-20-11-21-17/h5-9,11-12H,4,10H2,1-3H3,(H,20,21,22,25). The molecule has 1 N–H and O–H groups in total. The van der Waals surface area contributed by atoms with E-state index in [-0.39, 0.29) is 18.0 Å². The first-order valence-electron chi connectivity index (χ1n) is 8.59. The molecule has 26 heavy (non-hydrogen) atoms. The van der Waals surface area contributed by atoms with Crippen molar-refractivity contribution < 1.29 is 4.79 Å². The summed E-state index contributed by atoms with van der Waals surface area (Å²) in [5.41, 5.74) is 1.69. The molecule has 2 heterocycles. The Labute approximate surface area is 151 Å². The van der Waals surface area contributed by atoms with Crippen LogP contribution in [0.25, 0.3) is 10.8 Å². The fourth-order valence-corrected chi connectivity index (χ4v) is 2.78. The second-order valence-corrected chi connectivity index (χ2v) is 6.37. The van der Waals surface area contributed by atoms with Crippen molar-refractivity contribution in [2.24, 2.45) is 0 Å². The van der Waals surface area contributed by atoms with Crippen molar-refractivity contribution in [2.45, 2.75) is 39.7 Å². The summed E-state index contributed by atoms with van der Waals surface area (Å²) in [6.07, 6.45) is 3.55. The Morgan fingerprint density at radius 1 is 1.23 bits per heavy atom. The maximum absolute atomic E-state index is 12.8. The molecule has 0 fully saturated rings. The fraction of sp³-hybridized carbons (Fsp3) is 0.316. The number of fused-ring (bicyclic) bond motifs is 1. The van der Waals surface area contributed by atoms with Crippen LogP contribution in [0.5, 0.6) is 0 Å². The second kappa shape index (κ2) is 7.43. The topological polar surface area (TPSA) is 89.8 Å². The lowest BCUT2D eigenvalue weighted by molar-refractivity contribution is -0.117. The Kier molecular flexibility index (Phi) is 5.06. The molecule has 2 aromatic heterocycles. The Balaban J connectivity index is 1.96. The molecule has 0 atom stereocenters. The number of benzene rings is 1. The zero-order valence-corrected chi connectivity index (χ0v) is 15.1. The normalized spacial score (nSPS) is 11.1. The van der Waals surface area contributed by atoms with E-state index in [0.29, 0.717) is 23.5 Å². The number of rotatable bonds is 5. The van der Waals surface area contributed by atoms with Gasteiger partial charge in [-0.05, 0) is 36.1 Å². The maximum atomic E-state index is 12.8. The zero-order chi connectivity index (χ0) is 18.7. The van der Waals surface area contributed by atoms with Crippen LogP contribution < -0.4 is 10.9 Å². The smallest absolute Gasteiger partial charge is 0.275 e. The highest BCUT2D eigenvalue weighted by Gasteiger charge is 2.14. The van der Waals surface area contributed by atoms with Crippen LogP contribution >= 0.6 is 0 Å². The Hall–Kier alpha value is -3.09. The molecule has 1 amide bonds. The van der Waals surface area contributed by atoms with E-state index in [1.54, 1.807) is 6.07 Å². The second-order valence-electron chi connectivity index (χ2n) is 6.37. The lowest BCUT2D eigenvalue weighted by Gasteiger charge is -2.12. The molecular formula is C19H21N5O2. The van der Waals surface area contributed by atoms with Crippen molar-refractivity contribution >= 4 is 22.5 Å². The molecule has 3 aromatic rings. The van der Waals surface area contributed by atoms with Crippen LogP contribution in [-0.4, -0.2) is 25.7 Å². The first-order chi connectivity index (χ1) is 12.5. The summed E-state index contributed by atoms with van der Waals surface area (Å²) in [6.45, 7) is 6.04. The van der Waals surface area contributed by atoms with E-state index < -0.39 is 0 Å². The van der Waals surface area contributed by atoms with Crippen molar-refractivity contribution in [3.63, 3.8) is 0 Å². The van der Waals surface area contributed by atoms with Gasteiger partial charge in [0.1, 0.15) is 18.7 Å². The first-order valence-corrected chi connectivity index (χ1v) is 8.59. The number of carbonyl (C=O) groups is 1. The molecule has 0 aliphatic heterocycles. The molecule has 0 saturated heterocycles. The molecular weight excluding hydrogens is 330 g/mol. The number of aryl methyl sites for hydroxylation is 1. The minimum absolute atomic E-state index is 0.169. The van der Waals surface area contributed by atoms with Crippen LogP contribution in [-0.2, 0) is 17.8 Å². The number of amides is 1. The van der Waals surface area contributed by atoms with Gasteiger partial charge in [0.25, 0.3) is 5.56 Å². The molecule has 1 aromatic carbocycles. The highest BCUT2D eigenvalue weighted by Crippen LogP contribution is 2.21. The highest BCUT2D eigenvalue weighted by molar-refractivity contribution is 5.90. The predicted molar refractivity (Wildman–Crippen MR) is 100 cm³/mol. The number of nitrogens with zero attached hydrogens (tertiary/aromatic N) is 4. The third-order valence-electron chi connectivity index (χ3n) is 4.21. The number of aromatic nitrogens is 4. The Morgan fingerprint density at radius 2 is 2.04 bits per heavy atom. The van der Waals surface area contributed by atoms with Crippen LogP contribution in [0.1, 0.15) is 37.9 Å². The fourth-order valence-electron chi connectivity index (χ4n) is 2.78. The van der Waals surface area contributed by atoms with Gasteiger partial charge in [-0.3, -0.25) is 9.59 Å². The van der Waals surface area contributed by atoms with Crippen molar-refractivity contribution in [3.05, 3.63) is 58.4 Å². The summed E-state index contributed by atoms with van der Waals surface area (Å²) in [7, 11) is 0. The van der Waals surface area contributed by atoms with E-state index in [1.807, 2.05) is 25.1 Å². The molecule has 7 nitrogen and oxygen atoms in total. The average molecular weight is 351 g/mol. The third kappa shape index (κ3) is 3.61. The lowest BCUT2D eigenvalue weighted by atomic mass is 9.99. The van der Waals surface area contributed by atoms with Crippen LogP contribution in [0, 0.1) is 0 Å². The first kappa shape index (κ1) is 17.7. The monoisotopic (exact) mass is 351 g/mol. The van der Waals surface area contributed by atoms with Crippen molar-refractivity contribution in [2.75, 3.05) is 5.32 Å². The molecule has 7 heteroatoms. The highest BCUT2D eigenvalue weighted by atomic mass is 16.2. The largest absolute Gasteiger partial charge is 0.309 e. The maximum Gasteiger partial charge on any atom is 0.275 e. The molecule has 0 aliphatic rings. The molecule has 0 spiro atoms. The molecule has 0 unspecified atom stereocenters. The van der Waals surface area contributed by atoms with Gasteiger partial charge in [0.2, 0.25) is 5.91 Å². The van der Waals surface area contributed by atoms with E-state index in [2.05, 4.69) is 34.2 Å². The minimum Gasteiger partial charge on any atom is -0.309 e. The Bertz CT molecular complexity index is 996. The van der Waals surface area contributed by atoms with Crippen molar-refractivity contribution in [3.8, 4) is 0 Å². The lowest BCUT2D eigenvalue weighted by Crippen LogP contribution is -2.30. The number of anilines is 1.